The van der Waals surface area contributed by atoms with E-state index in [0.29, 0.717) is 6.42 Å². The minimum Gasteiger partial charge on any atom is -0.212 e. The summed E-state index contributed by atoms with van der Waals surface area (Å²) >= 11 is 0. The average molecular weight is 287 g/mol. The summed E-state index contributed by atoms with van der Waals surface area (Å²) in [6.45, 7) is 7.27. The molecule has 0 heterocycles. The fourth-order valence-electron chi connectivity index (χ4n) is 1.74. The zero-order chi connectivity index (χ0) is 14.9. The summed E-state index contributed by atoms with van der Waals surface area (Å²) in [6, 6.07) is -0.129. The SMILES string of the molecule is C#CC[C@@H](CCCCCCC)NS(=O)(=O)C(C)(C)C. The smallest absolute Gasteiger partial charge is 0.212 e. The van der Waals surface area contributed by atoms with Crippen LogP contribution in [0.1, 0.15) is 72.6 Å². The maximum atomic E-state index is 12.1. The number of rotatable bonds is 9. The van der Waals surface area contributed by atoms with E-state index in [4.69, 9.17) is 6.42 Å². The molecule has 0 saturated carbocycles. The fourth-order valence-corrected chi connectivity index (χ4v) is 2.73. The van der Waals surface area contributed by atoms with E-state index in [1.54, 1.807) is 20.8 Å². The first-order chi connectivity index (χ1) is 8.74. The Morgan fingerprint density at radius 1 is 1.16 bits per heavy atom. The highest BCUT2D eigenvalue weighted by molar-refractivity contribution is 7.90. The third kappa shape index (κ3) is 7.59. The Hall–Kier alpha value is -0.530. The topological polar surface area (TPSA) is 46.2 Å². The van der Waals surface area contributed by atoms with E-state index in [1.165, 1.54) is 19.3 Å². The summed E-state index contributed by atoms with van der Waals surface area (Å²) in [5, 5.41) is 0. The fraction of sp³-hybridized carbons (Fsp3) is 0.867. The molecule has 1 N–H and O–H groups in total. The van der Waals surface area contributed by atoms with Crippen LogP contribution in [0.25, 0.3) is 0 Å². The number of hydrogen-bond donors (Lipinski definition) is 1. The van der Waals surface area contributed by atoms with Crippen molar-refractivity contribution < 1.29 is 8.42 Å². The van der Waals surface area contributed by atoms with Crippen molar-refractivity contribution in [2.45, 2.75) is 83.4 Å². The minimum absolute atomic E-state index is 0.129. The van der Waals surface area contributed by atoms with E-state index in [9.17, 15) is 8.42 Å². The minimum atomic E-state index is -3.31. The molecule has 0 fully saturated rings. The maximum Gasteiger partial charge on any atom is 0.216 e. The Morgan fingerprint density at radius 2 is 1.74 bits per heavy atom. The van der Waals surface area contributed by atoms with Gasteiger partial charge in [-0.25, -0.2) is 13.1 Å². The Balaban J connectivity index is 4.31. The van der Waals surface area contributed by atoms with Crippen LogP contribution in [0.4, 0.5) is 0 Å². The van der Waals surface area contributed by atoms with Gasteiger partial charge in [0.1, 0.15) is 0 Å². The quantitative estimate of drug-likeness (QED) is 0.521. The van der Waals surface area contributed by atoms with Gasteiger partial charge in [0.15, 0.2) is 0 Å². The average Bonchev–Trinajstić information content (AvgIpc) is 2.27. The zero-order valence-electron chi connectivity index (χ0n) is 12.8. The molecule has 0 saturated heterocycles. The zero-order valence-corrected chi connectivity index (χ0v) is 13.6. The molecule has 0 spiro atoms. The summed E-state index contributed by atoms with van der Waals surface area (Å²) in [7, 11) is -3.31. The van der Waals surface area contributed by atoms with Gasteiger partial charge in [0.2, 0.25) is 10.0 Å². The first kappa shape index (κ1) is 18.5. The van der Waals surface area contributed by atoms with Crippen molar-refractivity contribution in [2.24, 2.45) is 0 Å². The second-order valence-electron chi connectivity index (χ2n) is 6.04. The summed E-state index contributed by atoms with van der Waals surface area (Å²) in [5.41, 5.74) is 0. The molecular formula is C15H29NO2S. The van der Waals surface area contributed by atoms with Crippen molar-refractivity contribution in [1.82, 2.24) is 4.72 Å². The van der Waals surface area contributed by atoms with Crippen LogP contribution in [0, 0.1) is 12.3 Å². The first-order valence-electron chi connectivity index (χ1n) is 7.20. The van der Waals surface area contributed by atoms with Crippen molar-refractivity contribution in [3.8, 4) is 12.3 Å². The third-order valence-electron chi connectivity index (χ3n) is 3.15. The summed E-state index contributed by atoms with van der Waals surface area (Å²) < 4.78 is 26.2. The highest BCUT2D eigenvalue weighted by Crippen LogP contribution is 2.16. The maximum absolute atomic E-state index is 12.1. The molecule has 112 valence electrons. The molecule has 0 unspecified atom stereocenters. The standard InChI is InChI=1S/C15H29NO2S/c1-6-8-9-10-11-13-14(12-7-2)16-19(17,18)15(3,4)5/h2,14,16H,6,8-13H2,1,3-5H3/t14-/m0/s1. The number of nitrogens with one attached hydrogen (secondary N) is 1. The van der Waals surface area contributed by atoms with Gasteiger partial charge in [0, 0.05) is 12.5 Å². The van der Waals surface area contributed by atoms with E-state index in [-0.39, 0.29) is 6.04 Å². The molecule has 4 heteroatoms. The summed E-state index contributed by atoms with van der Waals surface area (Å²) in [4.78, 5) is 0. The van der Waals surface area contributed by atoms with E-state index in [0.717, 1.165) is 19.3 Å². The Morgan fingerprint density at radius 3 is 2.21 bits per heavy atom. The highest BCUT2D eigenvalue weighted by atomic mass is 32.2. The Bertz CT molecular complexity index is 374. The number of unbranched alkanes of at least 4 members (excludes halogenated alkanes) is 4. The van der Waals surface area contributed by atoms with Crippen LogP contribution in [-0.2, 0) is 10.0 Å². The molecule has 0 rings (SSSR count). The largest absolute Gasteiger partial charge is 0.216 e. The number of sulfonamides is 1. The van der Waals surface area contributed by atoms with Gasteiger partial charge < -0.3 is 0 Å². The Kier molecular flexibility index (Phi) is 8.36. The predicted molar refractivity (Wildman–Crippen MR) is 82.4 cm³/mol. The van der Waals surface area contributed by atoms with Gasteiger partial charge in [-0.15, -0.1) is 12.3 Å². The molecule has 0 aliphatic rings. The molecule has 0 aromatic carbocycles. The van der Waals surface area contributed by atoms with E-state index >= 15 is 0 Å². The van der Waals surface area contributed by atoms with Gasteiger partial charge in [-0.2, -0.15) is 0 Å². The molecule has 3 nitrogen and oxygen atoms in total. The van der Waals surface area contributed by atoms with Crippen molar-refractivity contribution in [1.29, 1.82) is 0 Å². The van der Waals surface area contributed by atoms with Crippen LogP contribution in [0.15, 0.2) is 0 Å². The first-order valence-corrected chi connectivity index (χ1v) is 8.68. The van der Waals surface area contributed by atoms with Crippen molar-refractivity contribution in [2.75, 3.05) is 0 Å². The predicted octanol–water partition coefficient (Wildman–Crippen LogP) is 3.46. The molecule has 0 aliphatic carbocycles. The lowest BCUT2D eigenvalue weighted by molar-refractivity contribution is 0.487. The van der Waals surface area contributed by atoms with Crippen molar-refractivity contribution in [3.05, 3.63) is 0 Å². The Labute approximate surface area is 119 Å². The number of hydrogen-bond acceptors (Lipinski definition) is 2. The van der Waals surface area contributed by atoms with Crippen molar-refractivity contribution in [3.63, 3.8) is 0 Å². The van der Waals surface area contributed by atoms with Gasteiger partial charge in [-0.05, 0) is 27.2 Å². The molecule has 0 aromatic heterocycles. The van der Waals surface area contributed by atoms with Crippen LogP contribution in [-0.4, -0.2) is 19.2 Å². The van der Waals surface area contributed by atoms with Gasteiger partial charge in [0.25, 0.3) is 0 Å². The molecule has 0 amide bonds. The summed E-state index contributed by atoms with van der Waals surface area (Å²) in [5.74, 6) is 2.57. The second-order valence-corrected chi connectivity index (χ2v) is 8.51. The molecule has 19 heavy (non-hydrogen) atoms. The van der Waals surface area contributed by atoms with E-state index in [1.807, 2.05) is 0 Å². The van der Waals surface area contributed by atoms with Gasteiger partial charge in [-0.3, -0.25) is 0 Å². The van der Waals surface area contributed by atoms with E-state index < -0.39 is 14.8 Å². The molecule has 0 radical (unpaired) electrons. The van der Waals surface area contributed by atoms with Crippen molar-refractivity contribution >= 4 is 10.0 Å². The molecule has 1 atom stereocenters. The third-order valence-corrected chi connectivity index (χ3v) is 5.40. The molecule has 0 aliphatic heterocycles. The molecule has 0 bridgehead atoms. The lowest BCUT2D eigenvalue weighted by atomic mass is 10.1. The highest BCUT2D eigenvalue weighted by Gasteiger charge is 2.30. The van der Waals surface area contributed by atoms with Crippen LogP contribution >= 0.6 is 0 Å². The lowest BCUT2D eigenvalue weighted by Gasteiger charge is -2.24. The van der Waals surface area contributed by atoms with E-state index in [2.05, 4.69) is 17.6 Å². The monoisotopic (exact) mass is 287 g/mol. The normalized spacial score (nSPS) is 14.1. The van der Waals surface area contributed by atoms with Crippen LogP contribution in [0.2, 0.25) is 0 Å². The molecule has 0 aromatic rings. The molecular weight excluding hydrogens is 258 g/mol. The van der Waals surface area contributed by atoms with Gasteiger partial charge in [0.05, 0.1) is 4.75 Å². The van der Waals surface area contributed by atoms with Crippen LogP contribution in [0.5, 0.6) is 0 Å². The summed E-state index contributed by atoms with van der Waals surface area (Å²) in [6.07, 6.45) is 12.5. The lowest BCUT2D eigenvalue weighted by Crippen LogP contribution is -2.44. The second kappa shape index (κ2) is 8.60. The van der Waals surface area contributed by atoms with Gasteiger partial charge in [-0.1, -0.05) is 39.0 Å². The van der Waals surface area contributed by atoms with Crippen LogP contribution < -0.4 is 4.72 Å². The number of terminal acetylenes is 1. The van der Waals surface area contributed by atoms with Crippen LogP contribution in [0.3, 0.4) is 0 Å². The van der Waals surface area contributed by atoms with Gasteiger partial charge >= 0.3 is 0 Å².